The Morgan fingerprint density at radius 1 is 1.28 bits per heavy atom. The van der Waals surface area contributed by atoms with Crippen LogP contribution in [0.3, 0.4) is 0 Å². The Balaban J connectivity index is 2.70. The zero-order chi connectivity index (χ0) is 13.3. The van der Waals surface area contributed by atoms with Gasteiger partial charge in [-0.25, -0.2) is 0 Å². The molecular weight excluding hydrogens is 236 g/mol. The van der Waals surface area contributed by atoms with Crippen molar-refractivity contribution in [1.29, 1.82) is 0 Å². The van der Waals surface area contributed by atoms with Gasteiger partial charge in [-0.2, -0.15) is 0 Å². The van der Waals surface area contributed by atoms with E-state index in [0.29, 0.717) is 29.7 Å². The lowest BCUT2D eigenvalue weighted by Gasteiger charge is -2.32. The molecule has 0 aliphatic heterocycles. The Hall–Kier alpha value is -2.04. The lowest BCUT2D eigenvalue weighted by molar-refractivity contribution is -0.158. The SMILES string of the molecule is COc1cccc2c1CCCC2(C(=O)O)C(=O)O. The third-order valence-corrected chi connectivity index (χ3v) is 3.52. The second kappa shape index (κ2) is 4.33. The minimum atomic E-state index is -1.85. The Morgan fingerprint density at radius 2 is 1.94 bits per heavy atom. The minimum absolute atomic E-state index is 0.109. The predicted molar refractivity (Wildman–Crippen MR) is 62.9 cm³/mol. The van der Waals surface area contributed by atoms with Gasteiger partial charge < -0.3 is 14.9 Å². The first-order valence-electron chi connectivity index (χ1n) is 5.67. The van der Waals surface area contributed by atoms with Crippen molar-refractivity contribution in [3.05, 3.63) is 29.3 Å². The Labute approximate surface area is 104 Å². The summed E-state index contributed by atoms with van der Waals surface area (Å²) in [6, 6.07) is 4.92. The summed E-state index contributed by atoms with van der Waals surface area (Å²) in [6.45, 7) is 0. The highest BCUT2D eigenvalue weighted by Crippen LogP contribution is 2.41. The second-order valence-corrected chi connectivity index (χ2v) is 4.36. The number of aliphatic carboxylic acids is 2. The molecule has 0 radical (unpaired) electrons. The molecule has 0 spiro atoms. The van der Waals surface area contributed by atoms with Crippen molar-refractivity contribution in [2.75, 3.05) is 7.11 Å². The lowest BCUT2D eigenvalue weighted by atomic mass is 9.69. The first kappa shape index (κ1) is 12.4. The number of carboxylic acid groups (broad SMARTS) is 2. The molecule has 5 heteroatoms. The van der Waals surface area contributed by atoms with Crippen LogP contribution in [0.2, 0.25) is 0 Å². The molecule has 0 bridgehead atoms. The average molecular weight is 250 g/mol. The van der Waals surface area contributed by atoms with Crippen molar-refractivity contribution >= 4 is 11.9 Å². The standard InChI is InChI=1S/C13H14O5/c1-18-10-6-2-5-9-8(10)4-3-7-13(9,11(14)15)12(16)17/h2,5-6H,3-4,7H2,1H3,(H,14,15)(H,16,17). The monoisotopic (exact) mass is 250 g/mol. The number of hydrogen-bond donors (Lipinski definition) is 2. The van der Waals surface area contributed by atoms with Gasteiger partial charge in [0.05, 0.1) is 7.11 Å². The number of methoxy groups -OCH3 is 1. The van der Waals surface area contributed by atoms with E-state index in [2.05, 4.69) is 0 Å². The average Bonchev–Trinajstić information content (AvgIpc) is 2.36. The summed E-state index contributed by atoms with van der Waals surface area (Å²) in [7, 11) is 1.49. The number of rotatable bonds is 3. The number of carboxylic acids is 2. The molecule has 2 N–H and O–H groups in total. The molecule has 0 atom stereocenters. The smallest absolute Gasteiger partial charge is 0.325 e. The largest absolute Gasteiger partial charge is 0.496 e. The number of hydrogen-bond acceptors (Lipinski definition) is 3. The minimum Gasteiger partial charge on any atom is -0.496 e. The van der Waals surface area contributed by atoms with E-state index < -0.39 is 17.4 Å². The summed E-state index contributed by atoms with van der Waals surface area (Å²) < 4.78 is 5.18. The zero-order valence-corrected chi connectivity index (χ0v) is 9.97. The van der Waals surface area contributed by atoms with E-state index in [9.17, 15) is 19.8 Å². The van der Waals surface area contributed by atoms with E-state index in [4.69, 9.17) is 4.74 Å². The van der Waals surface area contributed by atoms with Crippen LogP contribution < -0.4 is 4.74 Å². The van der Waals surface area contributed by atoms with Crippen molar-refractivity contribution in [3.63, 3.8) is 0 Å². The second-order valence-electron chi connectivity index (χ2n) is 4.36. The molecule has 0 amide bonds. The van der Waals surface area contributed by atoms with Gasteiger partial charge in [-0.1, -0.05) is 12.1 Å². The number of carbonyl (C=O) groups is 2. The van der Waals surface area contributed by atoms with Crippen LogP contribution in [-0.4, -0.2) is 29.3 Å². The molecule has 0 aromatic heterocycles. The number of benzene rings is 1. The summed E-state index contributed by atoms with van der Waals surface area (Å²) in [5.74, 6) is -2.08. The van der Waals surface area contributed by atoms with Crippen LogP contribution in [0.1, 0.15) is 24.0 Å². The fourth-order valence-corrected chi connectivity index (χ4v) is 2.62. The molecule has 0 heterocycles. The van der Waals surface area contributed by atoms with E-state index >= 15 is 0 Å². The Morgan fingerprint density at radius 3 is 2.50 bits per heavy atom. The molecule has 5 nitrogen and oxygen atoms in total. The van der Waals surface area contributed by atoms with Crippen LogP contribution in [0.25, 0.3) is 0 Å². The molecule has 0 unspecified atom stereocenters. The van der Waals surface area contributed by atoms with Crippen molar-refractivity contribution in [2.45, 2.75) is 24.7 Å². The maximum Gasteiger partial charge on any atom is 0.325 e. The Kier molecular flexibility index (Phi) is 2.98. The number of ether oxygens (including phenoxy) is 1. The highest BCUT2D eigenvalue weighted by molar-refractivity contribution is 6.05. The quantitative estimate of drug-likeness (QED) is 0.793. The Bertz CT molecular complexity index is 492. The van der Waals surface area contributed by atoms with Crippen LogP contribution in [0.15, 0.2) is 18.2 Å². The van der Waals surface area contributed by atoms with Gasteiger partial charge in [0.1, 0.15) is 5.75 Å². The maximum atomic E-state index is 11.5. The van der Waals surface area contributed by atoms with Crippen LogP contribution >= 0.6 is 0 Å². The van der Waals surface area contributed by atoms with Crippen molar-refractivity contribution < 1.29 is 24.5 Å². The molecule has 0 saturated heterocycles. The normalized spacial score (nSPS) is 16.7. The van der Waals surface area contributed by atoms with Crippen molar-refractivity contribution in [2.24, 2.45) is 0 Å². The van der Waals surface area contributed by atoms with Crippen molar-refractivity contribution in [3.8, 4) is 5.75 Å². The fourth-order valence-electron chi connectivity index (χ4n) is 2.62. The highest BCUT2D eigenvalue weighted by atomic mass is 16.5. The van der Waals surface area contributed by atoms with E-state index in [-0.39, 0.29) is 6.42 Å². The summed E-state index contributed by atoms with van der Waals surface area (Å²) in [5, 5.41) is 18.7. The van der Waals surface area contributed by atoms with Gasteiger partial charge >= 0.3 is 11.9 Å². The summed E-state index contributed by atoms with van der Waals surface area (Å²) in [4.78, 5) is 22.9. The summed E-state index contributed by atoms with van der Waals surface area (Å²) >= 11 is 0. The van der Waals surface area contributed by atoms with Gasteiger partial charge in [-0.15, -0.1) is 0 Å². The van der Waals surface area contributed by atoms with Crippen LogP contribution in [-0.2, 0) is 21.4 Å². The van der Waals surface area contributed by atoms with Gasteiger partial charge in [0.15, 0.2) is 5.41 Å². The van der Waals surface area contributed by atoms with Crippen LogP contribution in [0, 0.1) is 0 Å². The van der Waals surface area contributed by atoms with Gasteiger partial charge in [-0.05, 0) is 36.5 Å². The maximum absolute atomic E-state index is 11.5. The van der Waals surface area contributed by atoms with E-state index in [1.165, 1.54) is 7.11 Å². The van der Waals surface area contributed by atoms with E-state index in [1.807, 2.05) is 0 Å². The van der Waals surface area contributed by atoms with Crippen LogP contribution in [0.4, 0.5) is 0 Å². The van der Waals surface area contributed by atoms with E-state index in [0.717, 1.165) is 0 Å². The third kappa shape index (κ3) is 1.54. The predicted octanol–water partition coefficient (Wildman–Crippen LogP) is 1.44. The van der Waals surface area contributed by atoms with Gasteiger partial charge in [0.2, 0.25) is 0 Å². The molecule has 96 valence electrons. The van der Waals surface area contributed by atoms with Crippen molar-refractivity contribution in [1.82, 2.24) is 0 Å². The highest BCUT2D eigenvalue weighted by Gasteiger charge is 2.51. The molecule has 1 aliphatic carbocycles. The lowest BCUT2D eigenvalue weighted by Crippen LogP contribution is -2.46. The number of fused-ring (bicyclic) bond motifs is 1. The molecule has 18 heavy (non-hydrogen) atoms. The molecule has 2 rings (SSSR count). The topological polar surface area (TPSA) is 83.8 Å². The first-order chi connectivity index (χ1) is 8.54. The molecule has 0 fully saturated rings. The molecule has 1 aromatic carbocycles. The van der Waals surface area contributed by atoms with Gasteiger partial charge in [0.25, 0.3) is 0 Å². The van der Waals surface area contributed by atoms with Crippen LogP contribution in [0.5, 0.6) is 5.75 Å². The third-order valence-electron chi connectivity index (χ3n) is 3.52. The zero-order valence-electron chi connectivity index (χ0n) is 9.97. The molecule has 1 aromatic rings. The first-order valence-corrected chi connectivity index (χ1v) is 5.67. The fraction of sp³-hybridized carbons (Fsp3) is 0.385. The van der Waals surface area contributed by atoms with Gasteiger partial charge in [-0.3, -0.25) is 9.59 Å². The summed E-state index contributed by atoms with van der Waals surface area (Å²) in [5.41, 5.74) is -0.813. The summed E-state index contributed by atoms with van der Waals surface area (Å²) in [6.07, 6.45) is 1.27. The molecule has 0 saturated carbocycles. The molecular formula is C13H14O5. The molecule has 1 aliphatic rings. The van der Waals surface area contributed by atoms with Gasteiger partial charge in [0, 0.05) is 0 Å². The van der Waals surface area contributed by atoms with E-state index in [1.54, 1.807) is 18.2 Å².